The molecule has 1 aromatic heterocycles. The highest BCUT2D eigenvalue weighted by molar-refractivity contribution is 6.09. The highest BCUT2D eigenvalue weighted by atomic mass is 16.3. The molecule has 4 rings (SSSR count). The van der Waals surface area contributed by atoms with E-state index in [1.807, 2.05) is 18.2 Å². The zero-order valence-corrected chi connectivity index (χ0v) is 18.3. The van der Waals surface area contributed by atoms with Crippen LogP contribution in [0.15, 0.2) is 52.9 Å². The molecule has 1 heterocycles. The first-order chi connectivity index (χ1) is 14.7. The molecule has 0 saturated heterocycles. The van der Waals surface area contributed by atoms with Crippen LogP contribution in [0.3, 0.4) is 0 Å². The predicted molar refractivity (Wildman–Crippen MR) is 119 cm³/mol. The molecule has 3 aromatic rings. The molecule has 1 saturated carbocycles. The second-order valence-electron chi connectivity index (χ2n) is 8.79. The highest BCUT2D eigenvalue weighted by Gasteiger charge is 2.40. The molecule has 1 fully saturated rings. The number of carbonyl (C=O) groups is 2. The minimum absolute atomic E-state index is 0.377. The second-order valence-corrected chi connectivity index (χ2v) is 8.79. The van der Waals surface area contributed by atoms with E-state index in [1.165, 1.54) is 23.0 Å². The van der Waals surface area contributed by atoms with Crippen LogP contribution in [0.1, 0.15) is 52.4 Å². The van der Waals surface area contributed by atoms with Gasteiger partial charge in [-0.1, -0.05) is 36.4 Å². The van der Waals surface area contributed by atoms with Gasteiger partial charge in [0.25, 0.3) is 5.91 Å². The monoisotopic (exact) mass is 420 g/mol. The van der Waals surface area contributed by atoms with Crippen molar-refractivity contribution in [3.8, 4) is 0 Å². The number of nitrogens with one attached hydrogen (secondary N) is 1. The van der Waals surface area contributed by atoms with Crippen molar-refractivity contribution in [2.24, 2.45) is 0 Å². The van der Waals surface area contributed by atoms with Gasteiger partial charge in [-0.15, -0.1) is 0 Å². The molecular weight excluding hydrogens is 392 g/mol. The first kappa shape index (κ1) is 21.1. The summed E-state index contributed by atoms with van der Waals surface area (Å²) in [6.45, 7) is 2.75. The van der Waals surface area contributed by atoms with E-state index < -0.39 is 18.1 Å². The third-order valence-electron chi connectivity index (χ3n) is 6.15. The van der Waals surface area contributed by atoms with E-state index in [0.717, 1.165) is 11.8 Å². The minimum atomic E-state index is -1.41. The number of rotatable bonds is 6. The molecule has 2 aromatic carbocycles. The smallest absolute Gasteiger partial charge is 0.256 e. The zero-order chi connectivity index (χ0) is 22.3. The number of hydrogen-bond acceptors (Lipinski definition) is 4. The lowest BCUT2D eigenvalue weighted by Crippen LogP contribution is -2.58. The Morgan fingerprint density at radius 1 is 1.13 bits per heavy atom. The molecule has 2 N–H and O–H groups in total. The van der Waals surface area contributed by atoms with E-state index in [-0.39, 0.29) is 5.91 Å². The van der Waals surface area contributed by atoms with Crippen molar-refractivity contribution in [3.63, 3.8) is 0 Å². The summed E-state index contributed by atoms with van der Waals surface area (Å²) in [5.74, 6) is 0.571. The van der Waals surface area contributed by atoms with Crippen molar-refractivity contribution >= 4 is 22.8 Å². The lowest BCUT2D eigenvalue weighted by Gasteiger charge is -2.30. The largest absolute Gasteiger partial charge is 0.461 e. The Bertz CT molecular complexity index is 1140. The van der Waals surface area contributed by atoms with Gasteiger partial charge in [0.1, 0.15) is 16.9 Å². The Kier molecular flexibility index (Phi) is 5.35. The van der Waals surface area contributed by atoms with Gasteiger partial charge in [-0.25, -0.2) is 0 Å². The molecule has 2 unspecified atom stereocenters. The Hall–Kier alpha value is -3.12. The summed E-state index contributed by atoms with van der Waals surface area (Å²) in [7, 11) is 3.18. The van der Waals surface area contributed by atoms with Crippen molar-refractivity contribution in [3.05, 3.63) is 71.0 Å². The van der Waals surface area contributed by atoms with E-state index >= 15 is 0 Å². The number of fused-ring (bicyclic) bond motifs is 1. The maximum Gasteiger partial charge on any atom is 0.256 e. The fraction of sp³-hybridized carbons (Fsp3) is 0.360. The van der Waals surface area contributed by atoms with E-state index in [4.69, 9.17) is 4.42 Å². The van der Waals surface area contributed by atoms with Gasteiger partial charge in [0.15, 0.2) is 0 Å². The summed E-state index contributed by atoms with van der Waals surface area (Å²) in [5, 5.41) is 13.3. The minimum Gasteiger partial charge on any atom is -0.461 e. The number of carbonyl (C=O) groups excluding carboxylic acids is 2. The highest BCUT2D eigenvalue weighted by Crippen LogP contribution is 2.55. The summed E-state index contributed by atoms with van der Waals surface area (Å²) < 4.78 is 5.82. The number of amides is 2. The molecule has 0 bridgehead atoms. The Balaban J connectivity index is 1.64. The van der Waals surface area contributed by atoms with Crippen LogP contribution in [0.5, 0.6) is 0 Å². The lowest BCUT2D eigenvalue weighted by molar-refractivity contribution is -0.136. The molecule has 6 heteroatoms. The van der Waals surface area contributed by atoms with Crippen molar-refractivity contribution in [2.75, 3.05) is 20.7 Å². The summed E-state index contributed by atoms with van der Waals surface area (Å²) in [4.78, 5) is 27.0. The quantitative estimate of drug-likeness (QED) is 0.639. The van der Waals surface area contributed by atoms with Crippen LogP contribution in [0.25, 0.3) is 11.0 Å². The molecule has 2 amide bonds. The first-order valence-corrected chi connectivity index (χ1v) is 10.5. The van der Waals surface area contributed by atoms with Crippen LogP contribution in [0.4, 0.5) is 0 Å². The van der Waals surface area contributed by atoms with Gasteiger partial charge in [0, 0.05) is 19.5 Å². The summed E-state index contributed by atoms with van der Waals surface area (Å²) >= 11 is 0. The third-order valence-corrected chi connectivity index (χ3v) is 6.15. The number of aryl methyl sites for hydroxylation is 1. The fourth-order valence-corrected chi connectivity index (χ4v) is 4.35. The van der Waals surface area contributed by atoms with Gasteiger partial charge >= 0.3 is 0 Å². The van der Waals surface area contributed by atoms with Crippen LogP contribution in [-0.4, -0.2) is 48.1 Å². The fourth-order valence-electron chi connectivity index (χ4n) is 4.35. The molecule has 3 atom stereocenters. The van der Waals surface area contributed by atoms with Crippen LogP contribution >= 0.6 is 0 Å². The van der Waals surface area contributed by atoms with Crippen molar-refractivity contribution < 1.29 is 19.1 Å². The number of aliphatic hydroxyl groups is 1. The predicted octanol–water partition coefficient (Wildman–Crippen LogP) is 3.58. The number of benzene rings is 2. The van der Waals surface area contributed by atoms with E-state index in [0.29, 0.717) is 28.7 Å². The number of hydrogen-bond donors (Lipinski definition) is 2. The summed E-state index contributed by atoms with van der Waals surface area (Å²) in [6.07, 6.45) is 1.08. The number of aliphatic hydroxyl groups excluding tert-OH is 1. The van der Waals surface area contributed by atoms with Gasteiger partial charge in [-0.2, -0.15) is 0 Å². The van der Waals surface area contributed by atoms with Crippen molar-refractivity contribution in [1.82, 2.24) is 10.2 Å². The molecule has 0 spiro atoms. The molecule has 0 radical (unpaired) electrons. The zero-order valence-electron chi connectivity index (χ0n) is 18.3. The van der Waals surface area contributed by atoms with Crippen molar-refractivity contribution in [1.29, 1.82) is 0 Å². The molecule has 1 aliphatic carbocycles. The van der Waals surface area contributed by atoms with Gasteiger partial charge < -0.3 is 19.7 Å². The average Bonchev–Trinajstić information content (AvgIpc) is 3.49. The topological polar surface area (TPSA) is 82.8 Å². The average molecular weight is 421 g/mol. The number of nitrogens with zero attached hydrogens (tertiary/aromatic N) is 1. The summed E-state index contributed by atoms with van der Waals surface area (Å²) in [5.41, 5.74) is 2.12. The van der Waals surface area contributed by atoms with Gasteiger partial charge in [0.2, 0.25) is 5.91 Å². The normalized spacial score (nSPS) is 19.6. The number of furan rings is 1. The Morgan fingerprint density at radius 2 is 1.81 bits per heavy atom. The van der Waals surface area contributed by atoms with Crippen molar-refractivity contribution in [2.45, 2.75) is 37.6 Å². The van der Waals surface area contributed by atoms with E-state index in [9.17, 15) is 14.7 Å². The maximum atomic E-state index is 13.2. The molecule has 162 valence electrons. The van der Waals surface area contributed by atoms with Crippen LogP contribution in [0, 0.1) is 6.92 Å². The summed E-state index contributed by atoms with van der Waals surface area (Å²) in [6, 6.07) is 16.4. The molecule has 31 heavy (non-hydrogen) atoms. The van der Waals surface area contributed by atoms with E-state index in [2.05, 4.69) is 35.6 Å². The molecule has 0 aliphatic heterocycles. The maximum absolute atomic E-state index is 13.2. The first-order valence-electron chi connectivity index (χ1n) is 10.5. The van der Waals surface area contributed by atoms with Crippen LogP contribution in [0.2, 0.25) is 0 Å². The van der Waals surface area contributed by atoms with Gasteiger partial charge in [-0.05, 0) is 55.4 Å². The standard InChI is InChI=1S/C25H28N2O4/c1-15-22(23(29)26-25(2,14-28)24(30)27(3)4)20-12-17(10-11-21(20)31-15)19-13-18(19)16-8-6-5-7-9-16/h5-12,18-19,28H,13-14H2,1-4H3,(H,26,29)/t18?,19-,25?/m0/s1. The van der Waals surface area contributed by atoms with E-state index in [1.54, 1.807) is 21.0 Å². The third kappa shape index (κ3) is 3.83. The molecular formula is C25H28N2O4. The number of likely N-dealkylation sites (N-methyl/N-ethyl adjacent to an activating group) is 1. The van der Waals surface area contributed by atoms with Gasteiger partial charge in [0.05, 0.1) is 12.2 Å². The molecule has 1 aliphatic rings. The van der Waals surface area contributed by atoms with Crippen LogP contribution in [-0.2, 0) is 4.79 Å². The SMILES string of the molecule is Cc1oc2ccc([C@@H]3CC3c3ccccc3)cc2c1C(=O)NC(C)(CO)C(=O)N(C)C. The Labute approximate surface area is 181 Å². The second kappa shape index (κ2) is 7.85. The van der Waals surface area contributed by atoms with Gasteiger partial charge in [-0.3, -0.25) is 9.59 Å². The molecule has 6 nitrogen and oxygen atoms in total. The Morgan fingerprint density at radius 3 is 2.45 bits per heavy atom. The van der Waals surface area contributed by atoms with Crippen LogP contribution < -0.4 is 5.32 Å². The lowest BCUT2D eigenvalue weighted by atomic mass is 9.99.